The van der Waals surface area contributed by atoms with E-state index in [4.69, 9.17) is 9.47 Å². The molecule has 0 bridgehead atoms. The van der Waals surface area contributed by atoms with Crippen LogP contribution < -0.4 is 0 Å². The van der Waals surface area contributed by atoms with Crippen LogP contribution in [0, 0.1) is 11.8 Å². The van der Waals surface area contributed by atoms with Crippen LogP contribution in [-0.2, 0) is 19.1 Å². The summed E-state index contributed by atoms with van der Waals surface area (Å²) in [5.41, 5.74) is 3.33. The first-order chi connectivity index (χ1) is 10.1. The van der Waals surface area contributed by atoms with Gasteiger partial charge in [0.2, 0.25) is 0 Å². The minimum atomic E-state index is -0.485. The largest absolute Gasteiger partial charge is 0.469 e. The summed E-state index contributed by atoms with van der Waals surface area (Å²) in [4.78, 5) is 24.0. The molecule has 0 aliphatic heterocycles. The monoisotopic (exact) mass is 288 g/mol. The number of rotatable bonds is 3. The van der Waals surface area contributed by atoms with Gasteiger partial charge in [-0.25, -0.2) is 0 Å². The molecule has 0 aromatic heterocycles. The van der Waals surface area contributed by atoms with Crippen molar-refractivity contribution in [3.8, 4) is 0 Å². The van der Waals surface area contributed by atoms with E-state index in [0.717, 1.165) is 16.7 Å². The number of benzene rings is 1. The van der Waals surface area contributed by atoms with Gasteiger partial charge < -0.3 is 9.47 Å². The molecule has 0 saturated heterocycles. The number of carbonyl (C=O) groups is 2. The van der Waals surface area contributed by atoms with Gasteiger partial charge in [0, 0.05) is 0 Å². The lowest BCUT2D eigenvalue weighted by Crippen LogP contribution is -2.34. The Morgan fingerprint density at radius 1 is 0.952 bits per heavy atom. The van der Waals surface area contributed by atoms with Crippen LogP contribution in [0.1, 0.15) is 25.3 Å². The Balaban J connectivity index is 2.37. The second-order valence-corrected chi connectivity index (χ2v) is 5.29. The van der Waals surface area contributed by atoms with Crippen LogP contribution in [-0.4, -0.2) is 26.2 Å². The molecular weight excluding hydrogens is 268 g/mol. The molecule has 2 rings (SSSR count). The van der Waals surface area contributed by atoms with Crippen LogP contribution in [0.3, 0.4) is 0 Å². The average Bonchev–Trinajstić information content (AvgIpc) is 2.53. The number of allylic oxidation sites excluding steroid dienone is 2. The molecule has 4 heteroatoms. The molecule has 112 valence electrons. The van der Waals surface area contributed by atoms with Crippen LogP contribution in [0.15, 0.2) is 35.9 Å². The maximum atomic E-state index is 12.0. The Hall–Kier alpha value is -2.10. The molecule has 1 aliphatic rings. The zero-order valence-electron chi connectivity index (χ0n) is 12.6. The van der Waals surface area contributed by atoms with Crippen molar-refractivity contribution >= 4 is 17.5 Å². The topological polar surface area (TPSA) is 52.6 Å². The van der Waals surface area contributed by atoms with Crippen molar-refractivity contribution < 1.29 is 19.1 Å². The molecule has 1 aliphatic carbocycles. The van der Waals surface area contributed by atoms with Crippen molar-refractivity contribution in [2.75, 3.05) is 14.2 Å². The van der Waals surface area contributed by atoms with E-state index < -0.39 is 11.8 Å². The normalized spacial score (nSPS) is 21.9. The van der Waals surface area contributed by atoms with E-state index in [1.807, 2.05) is 37.3 Å². The van der Waals surface area contributed by atoms with E-state index in [-0.39, 0.29) is 11.9 Å². The highest BCUT2D eigenvalue weighted by Gasteiger charge is 2.39. The highest BCUT2D eigenvalue weighted by Crippen LogP contribution is 2.40. The molecule has 0 unspecified atom stereocenters. The first-order valence-electron chi connectivity index (χ1n) is 6.98. The van der Waals surface area contributed by atoms with Crippen molar-refractivity contribution in [1.82, 2.24) is 0 Å². The van der Waals surface area contributed by atoms with Crippen LogP contribution in [0.25, 0.3) is 5.57 Å². The maximum Gasteiger partial charge on any atom is 0.309 e. The van der Waals surface area contributed by atoms with Crippen molar-refractivity contribution in [3.63, 3.8) is 0 Å². The quantitative estimate of drug-likeness (QED) is 0.803. The van der Waals surface area contributed by atoms with E-state index in [1.165, 1.54) is 14.2 Å². The lowest BCUT2D eigenvalue weighted by Gasteiger charge is -2.30. The molecule has 1 aromatic rings. The summed E-state index contributed by atoms with van der Waals surface area (Å²) < 4.78 is 9.70. The Bertz CT molecular complexity index is 559. The molecule has 0 radical (unpaired) electrons. The fraction of sp³-hybridized carbons (Fsp3) is 0.412. The van der Waals surface area contributed by atoms with Gasteiger partial charge in [0.25, 0.3) is 0 Å². The van der Waals surface area contributed by atoms with Gasteiger partial charge in [-0.2, -0.15) is 0 Å². The van der Waals surface area contributed by atoms with Crippen molar-refractivity contribution in [2.45, 2.75) is 19.8 Å². The van der Waals surface area contributed by atoms with E-state index in [1.54, 1.807) is 0 Å². The Kier molecular flexibility index (Phi) is 4.78. The Morgan fingerprint density at radius 2 is 1.48 bits per heavy atom. The van der Waals surface area contributed by atoms with Crippen LogP contribution in [0.4, 0.5) is 0 Å². The van der Waals surface area contributed by atoms with E-state index >= 15 is 0 Å². The summed E-state index contributed by atoms with van der Waals surface area (Å²) in [5.74, 6) is -1.65. The van der Waals surface area contributed by atoms with Gasteiger partial charge in [0.1, 0.15) is 0 Å². The van der Waals surface area contributed by atoms with Gasteiger partial charge >= 0.3 is 11.9 Å². The van der Waals surface area contributed by atoms with Gasteiger partial charge in [-0.05, 0) is 30.9 Å². The standard InChI is InChI=1S/C17H20O4/c1-11-9-14(16(18)20-2)15(17(19)21-3)10-13(11)12-7-5-4-6-8-12/h4-8,14-15H,9-10H2,1-3H3/t14-,15-/m1/s1. The molecular formula is C17H20O4. The third kappa shape index (κ3) is 3.15. The van der Waals surface area contributed by atoms with Gasteiger partial charge in [-0.1, -0.05) is 35.9 Å². The van der Waals surface area contributed by atoms with Crippen LogP contribution in [0.2, 0.25) is 0 Å². The van der Waals surface area contributed by atoms with Gasteiger partial charge in [0.05, 0.1) is 26.1 Å². The molecule has 0 saturated carbocycles. The molecule has 0 spiro atoms. The van der Waals surface area contributed by atoms with Crippen molar-refractivity contribution in [1.29, 1.82) is 0 Å². The minimum Gasteiger partial charge on any atom is -0.469 e. The summed E-state index contributed by atoms with van der Waals surface area (Å²) >= 11 is 0. The highest BCUT2D eigenvalue weighted by atomic mass is 16.5. The first kappa shape index (κ1) is 15.3. The molecule has 0 N–H and O–H groups in total. The smallest absolute Gasteiger partial charge is 0.309 e. The van der Waals surface area contributed by atoms with Crippen molar-refractivity contribution in [3.05, 3.63) is 41.5 Å². The molecule has 21 heavy (non-hydrogen) atoms. The number of hydrogen-bond acceptors (Lipinski definition) is 4. The predicted octanol–water partition coefficient (Wildman–Crippen LogP) is 2.83. The van der Waals surface area contributed by atoms with Gasteiger partial charge in [-0.15, -0.1) is 0 Å². The van der Waals surface area contributed by atoms with E-state index in [9.17, 15) is 9.59 Å². The van der Waals surface area contributed by atoms with Gasteiger partial charge in [0.15, 0.2) is 0 Å². The van der Waals surface area contributed by atoms with Crippen LogP contribution >= 0.6 is 0 Å². The molecule has 1 aromatic carbocycles. The third-order valence-electron chi connectivity index (χ3n) is 4.08. The zero-order valence-corrected chi connectivity index (χ0v) is 12.6. The highest BCUT2D eigenvalue weighted by molar-refractivity contribution is 5.86. The Labute approximate surface area is 124 Å². The summed E-state index contributed by atoms with van der Waals surface area (Å²) in [7, 11) is 2.70. The third-order valence-corrected chi connectivity index (χ3v) is 4.08. The maximum absolute atomic E-state index is 12.0. The lowest BCUT2D eigenvalue weighted by molar-refractivity contribution is -0.157. The summed E-state index contributed by atoms with van der Waals surface area (Å²) in [6.45, 7) is 2.01. The molecule has 2 atom stereocenters. The number of ether oxygens (including phenoxy) is 2. The number of esters is 2. The SMILES string of the molecule is COC(=O)[C@@H]1CC(C)=C(c2ccccc2)C[C@H]1C(=O)OC. The summed E-state index contributed by atoms with van der Waals surface area (Å²) in [6.07, 6.45) is 1.03. The van der Waals surface area contributed by atoms with Gasteiger partial charge in [-0.3, -0.25) is 9.59 Å². The number of carbonyl (C=O) groups excluding carboxylic acids is 2. The predicted molar refractivity (Wildman–Crippen MR) is 79.3 cm³/mol. The lowest BCUT2D eigenvalue weighted by atomic mass is 9.74. The number of methoxy groups -OCH3 is 2. The molecule has 0 fully saturated rings. The average molecular weight is 288 g/mol. The second-order valence-electron chi connectivity index (χ2n) is 5.29. The molecule has 0 heterocycles. The first-order valence-corrected chi connectivity index (χ1v) is 6.98. The van der Waals surface area contributed by atoms with Crippen molar-refractivity contribution in [2.24, 2.45) is 11.8 Å². The summed E-state index contributed by atoms with van der Waals surface area (Å²) in [6, 6.07) is 9.93. The fourth-order valence-electron chi connectivity index (χ4n) is 2.93. The second kappa shape index (κ2) is 6.57. The van der Waals surface area contributed by atoms with E-state index in [2.05, 4.69) is 0 Å². The molecule has 0 amide bonds. The summed E-state index contributed by atoms with van der Waals surface area (Å²) in [5, 5.41) is 0. The zero-order chi connectivity index (χ0) is 15.4. The van der Waals surface area contributed by atoms with Crippen LogP contribution in [0.5, 0.6) is 0 Å². The van der Waals surface area contributed by atoms with E-state index in [0.29, 0.717) is 12.8 Å². The Morgan fingerprint density at radius 3 is 2.00 bits per heavy atom. The number of hydrogen-bond donors (Lipinski definition) is 0. The minimum absolute atomic E-state index is 0.350. The fourth-order valence-corrected chi connectivity index (χ4v) is 2.93. The molecule has 4 nitrogen and oxygen atoms in total.